The summed E-state index contributed by atoms with van der Waals surface area (Å²) in [6.07, 6.45) is 0. The van der Waals surface area contributed by atoms with Gasteiger partial charge in [-0.15, -0.1) is 0 Å². The minimum Gasteiger partial charge on any atom is -0.486 e. The molecule has 9 nitrogen and oxygen atoms in total. The molecule has 0 unspecified atom stereocenters. The van der Waals surface area contributed by atoms with Gasteiger partial charge in [-0.05, 0) is 52.8 Å². The predicted octanol–water partition coefficient (Wildman–Crippen LogP) is 3.09. The number of carbonyl (C=O) groups excluding carboxylic acids is 2. The van der Waals surface area contributed by atoms with E-state index in [-0.39, 0.29) is 23.5 Å². The fourth-order valence-corrected chi connectivity index (χ4v) is 4.83. The summed E-state index contributed by atoms with van der Waals surface area (Å²) >= 11 is 0. The molecule has 0 spiro atoms. The molecule has 1 aliphatic rings. The number of halogens is 1. The van der Waals surface area contributed by atoms with Crippen molar-refractivity contribution in [1.82, 2.24) is 10.2 Å². The summed E-state index contributed by atoms with van der Waals surface area (Å²) in [7, 11) is -3.91. The topological polar surface area (TPSA) is 105 Å². The maximum Gasteiger partial charge on any atom is 0.244 e. The Morgan fingerprint density at radius 2 is 1.73 bits per heavy atom. The first-order valence-electron chi connectivity index (χ1n) is 12.1. The summed E-state index contributed by atoms with van der Waals surface area (Å²) in [6.45, 7) is 8.30. The highest BCUT2D eigenvalue weighted by Crippen LogP contribution is 2.35. The van der Waals surface area contributed by atoms with Gasteiger partial charge in [-0.2, -0.15) is 0 Å². The van der Waals surface area contributed by atoms with Crippen molar-refractivity contribution in [3.8, 4) is 11.5 Å². The fourth-order valence-electron chi connectivity index (χ4n) is 3.77. The molecule has 3 rings (SSSR count). The van der Waals surface area contributed by atoms with Gasteiger partial charge in [0.1, 0.15) is 31.6 Å². The van der Waals surface area contributed by atoms with Crippen LogP contribution in [0.5, 0.6) is 11.5 Å². The van der Waals surface area contributed by atoms with E-state index in [1.54, 1.807) is 32.9 Å². The Morgan fingerprint density at radius 1 is 1.08 bits per heavy atom. The number of hydrogen-bond donors (Lipinski definition) is 1. The van der Waals surface area contributed by atoms with Crippen molar-refractivity contribution in [3.05, 3.63) is 53.8 Å². The molecular formula is C26H34FN3O6S. The van der Waals surface area contributed by atoms with Crippen molar-refractivity contribution >= 4 is 27.5 Å². The number of carbonyl (C=O) groups is 2. The summed E-state index contributed by atoms with van der Waals surface area (Å²) in [4.78, 5) is 27.8. The smallest absolute Gasteiger partial charge is 0.244 e. The molecule has 0 fully saturated rings. The molecule has 1 heterocycles. The van der Waals surface area contributed by atoms with Gasteiger partial charge >= 0.3 is 0 Å². The summed E-state index contributed by atoms with van der Waals surface area (Å²) < 4.78 is 52.7. The Morgan fingerprint density at radius 3 is 2.35 bits per heavy atom. The number of ether oxygens (including phenoxy) is 2. The van der Waals surface area contributed by atoms with Gasteiger partial charge < -0.3 is 19.7 Å². The standard InChI is InChI=1S/C26H34FN3O6S/c1-6-37(33,34)30(20-11-12-22-23(15-20)36-14-13-35-22)17-24(31)29(16-19-9-7-8-10-21(19)27)18(2)25(32)28-26(3,4)5/h7-12,15,18H,6,13-14,16-17H2,1-5H3,(H,28,32)/t18-/m1/s1. The number of anilines is 1. The first-order valence-corrected chi connectivity index (χ1v) is 13.7. The van der Waals surface area contributed by atoms with Crippen LogP contribution in [0.3, 0.4) is 0 Å². The first-order chi connectivity index (χ1) is 17.3. The highest BCUT2D eigenvalue weighted by Gasteiger charge is 2.33. The van der Waals surface area contributed by atoms with Gasteiger partial charge in [0.05, 0.1) is 11.4 Å². The quantitative estimate of drug-likeness (QED) is 0.529. The van der Waals surface area contributed by atoms with Crippen molar-refractivity contribution in [1.29, 1.82) is 0 Å². The van der Waals surface area contributed by atoms with Gasteiger partial charge in [0, 0.05) is 23.7 Å². The van der Waals surface area contributed by atoms with Gasteiger partial charge in [0.2, 0.25) is 21.8 Å². The Hall–Kier alpha value is -3.34. The SMILES string of the molecule is CCS(=O)(=O)N(CC(=O)N(Cc1ccccc1F)[C@H](C)C(=O)NC(C)(C)C)c1ccc2c(c1)OCCO2. The molecule has 202 valence electrons. The maximum absolute atomic E-state index is 14.5. The van der Waals surface area contributed by atoms with Crippen LogP contribution in [-0.2, 0) is 26.2 Å². The molecule has 0 radical (unpaired) electrons. The minimum atomic E-state index is -3.91. The molecule has 1 N–H and O–H groups in total. The normalized spacial score (nSPS) is 14.0. The molecule has 2 amide bonds. The average Bonchev–Trinajstić information content (AvgIpc) is 2.84. The van der Waals surface area contributed by atoms with Gasteiger partial charge in [-0.25, -0.2) is 12.8 Å². The third-order valence-electron chi connectivity index (χ3n) is 5.76. The zero-order valence-corrected chi connectivity index (χ0v) is 22.6. The first kappa shape index (κ1) is 28.2. The van der Waals surface area contributed by atoms with E-state index in [1.807, 2.05) is 0 Å². The zero-order valence-electron chi connectivity index (χ0n) is 21.8. The summed E-state index contributed by atoms with van der Waals surface area (Å²) in [5.41, 5.74) is -0.145. The maximum atomic E-state index is 14.5. The molecule has 1 atom stereocenters. The highest BCUT2D eigenvalue weighted by molar-refractivity contribution is 7.92. The highest BCUT2D eigenvalue weighted by atomic mass is 32.2. The van der Waals surface area contributed by atoms with Crippen LogP contribution in [0.2, 0.25) is 0 Å². The van der Waals surface area contributed by atoms with Crippen LogP contribution in [-0.4, -0.2) is 62.2 Å². The number of fused-ring (bicyclic) bond motifs is 1. The van der Waals surface area contributed by atoms with Gasteiger partial charge in [-0.1, -0.05) is 18.2 Å². The summed E-state index contributed by atoms with van der Waals surface area (Å²) in [6, 6.07) is 9.56. The van der Waals surface area contributed by atoms with E-state index in [2.05, 4.69) is 5.32 Å². The number of sulfonamides is 1. The van der Waals surface area contributed by atoms with E-state index >= 15 is 0 Å². The van der Waals surface area contributed by atoms with Crippen LogP contribution in [0.1, 0.15) is 40.2 Å². The number of hydrogen-bond acceptors (Lipinski definition) is 6. The lowest BCUT2D eigenvalue weighted by atomic mass is 10.1. The van der Waals surface area contributed by atoms with E-state index in [1.165, 1.54) is 49.1 Å². The molecule has 0 saturated heterocycles. The lowest BCUT2D eigenvalue weighted by Crippen LogP contribution is -2.54. The summed E-state index contributed by atoms with van der Waals surface area (Å²) in [5, 5.41) is 2.83. The Balaban J connectivity index is 1.97. The molecule has 2 aromatic rings. The monoisotopic (exact) mass is 535 g/mol. The van der Waals surface area contributed by atoms with Crippen LogP contribution < -0.4 is 19.1 Å². The van der Waals surface area contributed by atoms with E-state index < -0.39 is 45.8 Å². The number of nitrogens with zero attached hydrogens (tertiary/aromatic N) is 2. The number of nitrogens with one attached hydrogen (secondary N) is 1. The van der Waals surface area contributed by atoms with E-state index in [0.717, 1.165) is 4.31 Å². The molecule has 11 heteroatoms. The predicted molar refractivity (Wildman–Crippen MR) is 139 cm³/mol. The van der Waals surface area contributed by atoms with Crippen molar-refractivity contribution in [3.63, 3.8) is 0 Å². The minimum absolute atomic E-state index is 0.204. The van der Waals surface area contributed by atoms with Gasteiger partial charge in [0.25, 0.3) is 0 Å². The molecule has 37 heavy (non-hydrogen) atoms. The van der Waals surface area contributed by atoms with Gasteiger partial charge in [0.15, 0.2) is 11.5 Å². The average molecular weight is 536 g/mol. The number of rotatable bonds is 9. The van der Waals surface area contributed by atoms with Crippen LogP contribution in [0, 0.1) is 5.82 Å². The Labute approximate surface area is 217 Å². The zero-order chi connectivity index (χ0) is 27.4. The van der Waals surface area contributed by atoms with Crippen LogP contribution >= 0.6 is 0 Å². The fraction of sp³-hybridized carbons (Fsp3) is 0.462. The largest absolute Gasteiger partial charge is 0.486 e. The van der Waals surface area contributed by atoms with Crippen molar-refractivity contribution < 1.29 is 31.9 Å². The molecule has 0 bridgehead atoms. The van der Waals surface area contributed by atoms with Crippen LogP contribution in [0.25, 0.3) is 0 Å². The lowest BCUT2D eigenvalue weighted by Gasteiger charge is -2.33. The van der Waals surface area contributed by atoms with E-state index in [4.69, 9.17) is 9.47 Å². The van der Waals surface area contributed by atoms with E-state index in [9.17, 15) is 22.4 Å². The number of amides is 2. The summed E-state index contributed by atoms with van der Waals surface area (Å²) in [5.74, 6) is -1.05. The van der Waals surface area contributed by atoms with Crippen LogP contribution in [0.4, 0.5) is 10.1 Å². The van der Waals surface area contributed by atoms with Crippen LogP contribution in [0.15, 0.2) is 42.5 Å². The van der Waals surface area contributed by atoms with Crippen molar-refractivity contribution in [2.45, 2.75) is 52.7 Å². The lowest BCUT2D eigenvalue weighted by molar-refractivity contribution is -0.140. The third-order valence-corrected chi connectivity index (χ3v) is 7.50. The molecule has 0 aromatic heterocycles. The van der Waals surface area contributed by atoms with Crippen molar-refractivity contribution in [2.24, 2.45) is 0 Å². The third kappa shape index (κ3) is 7.12. The second-order valence-corrected chi connectivity index (χ2v) is 11.9. The Bertz CT molecular complexity index is 1250. The molecule has 1 aliphatic heterocycles. The second kappa shape index (κ2) is 11.4. The molecule has 2 aromatic carbocycles. The number of benzene rings is 2. The van der Waals surface area contributed by atoms with Crippen molar-refractivity contribution in [2.75, 3.05) is 29.8 Å². The van der Waals surface area contributed by atoms with E-state index in [0.29, 0.717) is 24.7 Å². The molecule has 0 aliphatic carbocycles. The Kier molecular flexibility index (Phi) is 8.68. The van der Waals surface area contributed by atoms with Gasteiger partial charge in [-0.3, -0.25) is 13.9 Å². The molecular weight excluding hydrogens is 501 g/mol. The molecule has 0 saturated carbocycles. The second-order valence-electron chi connectivity index (χ2n) is 9.76.